The molecule has 0 saturated heterocycles. The van der Waals surface area contributed by atoms with Gasteiger partial charge in [-0.2, -0.15) is 0 Å². The van der Waals surface area contributed by atoms with Crippen LogP contribution in [-0.2, 0) is 10.1 Å². The van der Waals surface area contributed by atoms with Crippen LogP contribution in [0.5, 0.6) is 0 Å². The number of hydrogen-bond acceptors (Lipinski definition) is 5. The lowest BCUT2D eigenvalue weighted by atomic mass is 10.3. The van der Waals surface area contributed by atoms with Crippen molar-refractivity contribution in [2.75, 3.05) is 0 Å². The Balaban J connectivity index is 0.000000187. The van der Waals surface area contributed by atoms with E-state index in [1.54, 1.807) is 0 Å². The standard InChI is InChI=1S/C12H10I.C6H5NO5S/c1-3-7-11(8-4-1)13-12-9-5-2-6-10-12;8-7(9)5-2-1-3-6(4-5)13(10,11)12/h1-10H;1-4H,(H,10,11,12)/q+1;/p-1. The van der Waals surface area contributed by atoms with E-state index < -0.39 is 25.6 Å². The maximum atomic E-state index is 10.4. The van der Waals surface area contributed by atoms with Crippen LogP contribution in [-0.4, -0.2) is 17.9 Å². The predicted octanol–water partition coefficient (Wildman–Crippen LogP) is 0.314. The van der Waals surface area contributed by atoms with Crippen LogP contribution in [0.1, 0.15) is 0 Å². The van der Waals surface area contributed by atoms with Gasteiger partial charge in [0.2, 0.25) is 0 Å². The first kappa shape index (κ1) is 20.0. The zero-order chi connectivity index (χ0) is 19.0. The molecule has 26 heavy (non-hydrogen) atoms. The molecule has 8 heteroatoms. The van der Waals surface area contributed by atoms with Gasteiger partial charge in [0.05, 0.1) is 9.82 Å². The Kier molecular flexibility index (Phi) is 7.25. The van der Waals surface area contributed by atoms with Gasteiger partial charge >= 0.3 is 21.2 Å². The minimum atomic E-state index is -4.61. The molecule has 0 heterocycles. The first-order valence-corrected chi connectivity index (χ1v) is 10.9. The second-order valence-corrected chi connectivity index (χ2v) is 9.30. The number of benzene rings is 3. The maximum Gasteiger partial charge on any atom is 0.357 e. The van der Waals surface area contributed by atoms with Crippen molar-refractivity contribution in [1.82, 2.24) is 0 Å². The van der Waals surface area contributed by atoms with Crippen molar-refractivity contribution in [3.05, 3.63) is 102 Å². The molecule has 134 valence electrons. The fourth-order valence-electron chi connectivity index (χ4n) is 1.83. The minimum absolute atomic E-state index is 0.0287. The molecule has 0 aliphatic heterocycles. The van der Waals surface area contributed by atoms with Gasteiger partial charge in [0.15, 0.2) is 7.14 Å². The molecule has 3 rings (SSSR count). The second-order valence-electron chi connectivity index (χ2n) is 4.89. The molecule has 6 nitrogen and oxygen atoms in total. The normalized spacial score (nSPS) is 10.5. The fraction of sp³-hybridized carbons (Fsp3) is 0. The van der Waals surface area contributed by atoms with Crippen molar-refractivity contribution in [1.29, 1.82) is 0 Å². The van der Waals surface area contributed by atoms with E-state index in [2.05, 4.69) is 60.7 Å². The Hall–Kier alpha value is -2.30. The summed E-state index contributed by atoms with van der Waals surface area (Å²) in [5.41, 5.74) is -0.420. The molecule has 0 fully saturated rings. The Morgan fingerprint density at radius 1 is 0.769 bits per heavy atom. The van der Waals surface area contributed by atoms with Gasteiger partial charge < -0.3 is 4.55 Å². The van der Waals surface area contributed by atoms with E-state index in [0.29, 0.717) is 0 Å². The van der Waals surface area contributed by atoms with Crippen molar-refractivity contribution < 1.29 is 39.1 Å². The predicted molar refractivity (Wildman–Crippen MR) is 91.3 cm³/mol. The van der Waals surface area contributed by atoms with Gasteiger partial charge in [0, 0.05) is 12.1 Å². The smallest absolute Gasteiger partial charge is 0.357 e. The lowest BCUT2D eigenvalue weighted by Gasteiger charge is -2.05. The van der Waals surface area contributed by atoms with Crippen molar-refractivity contribution in [3.8, 4) is 0 Å². The van der Waals surface area contributed by atoms with E-state index in [1.807, 2.05) is 0 Å². The van der Waals surface area contributed by atoms with Crippen molar-refractivity contribution in [2.24, 2.45) is 0 Å². The zero-order valence-corrected chi connectivity index (χ0v) is 16.3. The Morgan fingerprint density at radius 2 is 1.27 bits per heavy atom. The van der Waals surface area contributed by atoms with Crippen LogP contribution in [0.3, 0.4) is 0 Å². The molecule has 3 aromatic carbocycles. The lowest BCUT2D eigenvalue weighted by molar-refractivity contribution is -0.597. The summed E-state index contributed by atoms with van der Waals surface area (Å²) in [4.78, 5) is 8.82. The SMILES string of the molecule is O=[N+]([O-])c1cccc(S(=O)(=O)[O-])c1.c1ccc([I+]c2ccccc2)cc1. The average molecular weight is 483 g/mol. The molecular weight excluding hydrogens is 469 g/mol. The molecule has 0 saturated carbocycles. The van der Waals surface area contributed by atoms with Crippen LogP contribution in [0.2, 0.25) is 0 Å². The van der Waals surface area contributed by atoms with Gasteiger partial charge in [-0.25, -0.2) is 8.42 Å². The monoisotopic (exact) mass is 483 g/mol. The van der Waals surface area contributed by atoms with E-state index in [4.69, 9.17) is 0 Å². The van der Waals surface area contributed by atoms with Crippen LogP contribution in [0, 0.1) is 17.3 Å². The summed E-state index contributed by atoms with van der Waals surface area (Å²) < 4.78 is 34.2. The molecule has 0 radical (unpaired) electrons. The van der Waals surface area contributed by atoms with Gasteiger partial charge in [-0.05, 0) is 30.3 Å². The number of nitro benzene ring substituents is 1. The highest BCUT2D eigenvalue weighted by Crippen LogP contribution is 2.16. The number of non-ortho nitro benzene ring substituents is 1. The van der Waals surface area contributed by atoms with Gasteiger partial charge in [-0.3, -0.25) is 10.1 Å². The molecule has 0 amide bonds. The third-order valence-corrected chi connectivity index (χ3v) is 6.52. The summed E-state index contributed by atoms with van der Waals surface area (Å²) in [5, 5.41) is 10.2. The molecule has 0 aliphatic carbocycles. The average Bonchev–Trinajstić information content (AvgIpc) is 2.63. The highest BCUT2D eigenvalue weighted by molar-refractivity contribution is 7.85. The highest BCUT2D eigenvalue weighted by Gasteiger charge is 2.12. The topological polar surface area (TPSA) is 100 Å². The first-order chi connectivity index (χ1) is 12.4. The van der Waals surface area contributed by atoms with Crippen LogP contribution < -0.4 is 21.2 Å². The van der Waals surface area contributed by atoms with Crippen LogP contribution >= 0.6 is 0 Å². The third-order valence-electron chi connectivity index (χ3n) is 3.00. The number of rotatable bonds is 4. The van der Waals surface area contributed by atoms with E-state index in [9.17, 15) is 23.1 Å². The van der Waals surface area contributed by atoms with Crippen molar-refractivity contribution in [3.63, 3.8) is 0 Å². The maximum absolute atomic E-state index is 10.4. The number of hydrogen-bond donors (Lipinski definition) is 0. The van der Waals surface area contributed by atoms with Gasteiger partial charge in [-0.15, -0.1) is 0 Å². The number of halogens is 1. The van der Waals surface area contributed by atoms with E-state index in [0.717, 1.165) is 24.3 Å². The largest absolute Gasteiger partial charge is 0.744 e. The molecule has 0 N–H and O–H groups in total. The molecule has 0 aromatic heterocycles. The minimum Gasteiger partial charge on any atom is -0.744 e. The van der Waals surface area contributed by atoms with Gasteiger partial charge in [0.1, 0.15) is 10.1 Å². The van der Waals surface area contributed by atoms with E-state index in [-0.39, 0.29) is 21.2 Å². The van der Waals surface area contributed by atoms with Gasteiger partial charge in [0.25, 0.3) is 5.69 Å². The molecule has 0 aliphatic rings. The molecule has 0 atom stereocenters. The summed E-state index contributed by atoms with van der Waals surface area (Å²) in [6, 6.07) is 25.4. The quantitative estimate of drug-likeness (QED) is 0.230. The van der Waals surface area contributed by atoms with Crippen LogP contribution in [0.25, 0.3) is 0 Å². The molecule has 0 bridgehead atoms. The van der Waals surface area contributed by atoms with Gasteiger partial charge in [-0.1, -0.05) is 42.5 Å². The first-order valence-electron chi connectivity index (χ1n) is 7.31. The third kappa shape index (κ3) is 6.54. The fourth-order valence-corrected chi connectivity index (χ4v) is 4.61. The van der Waals surface area contributed by atoms with Crippen molar-refractivity contribution in [2.45, 2.75) is 4.90 Å². The molecule has 0 spiro atoms. The number of nitro groups is 1. The van der Waals surface area contributed by atoms with E-state index in [1.165, 1.54) is 7.14 Å². The zero-order valence-electron chi connectivity index (χ0n) is 13.4. The molecule has 0 unspecified atom stereocenters. The summed E-state index contributed by atoms with van der Waals surface area (Å²) in [7, 11) is -4.61. The molecule has 3 aromatic rings. The summed E-state index contributed by atoms with van der Waals surface area (Å²) in [6.07, 6.45) is 0. The highest BCUT2D eigenvalue weighted by atomic mass is 127. The van der Waals surface area contributed by atoms with Crippen molar-refractivity contribution >= 4 is 15.8 Å². The van der Waals surface area contributed by atoms with Crippen LogP contribution in [0.4, 0.5) is 5.69 Å². The lowest BCUT2D eigenvalue weighted by Crippen LogP contribution is -3.61. The van der Waals surface area contributed by atoms with Crippen LogP contribution in [0.15, 0.2) is 89.8 Å². The number of nitrogens with zero attached hydrogens (tertiary/aromatic N) is 1. The Morgan fingerprint density at radius 3 is 1.69 bits per heavy atom. The van der Waals surface area contributed by atoms with E-state index >= 15 is 0 Å². The Bertz CT molecular complexity index is 926. The summed E-state index contributed by atoms with van der Waals surface area (Å²) >= 11 is 0.0287. The summed E-state index contributed by atoms with van der Waals surface area (Å²) in [5.74, 6) is 0. The second kappa shape index (κ2) is 9.41. The Labute approximate surface area is 161 Å². The summed E-state index contributed by atoms with van der Waals surface area (Å²) in [6.45, 7) is 0. The molecular formula is C18H14INO5S.